The number of pyridine rings is 1. The summed E-state index contributed by atoms with van der Waals surface area (Å²) in [5.41, 5.74) is 1.64. The van der Waals surface area contributed by atoms with E-state index < -0.39 is 17.8 Å². The number of halogens is 1. The number of amides is 2. The highest BCUT2D eigenvalue weighted by molar-refractivity contribution is 6.02. The molecule has 0 bridgehead atoms. The molecule has 3 atom stereocenters. The molecule has 0 radical (unpaired) electrons. The van der Waals surface area contributed by atoms with Gasteiger partial charge in [-0.1, -0.05) is 36.4 Å². The Bertz CT molecular complexity index is 1130. The summed E-state index contributed by atoms with van der Waals surface area (Å²) in [6.45, 7) is 0.349. The quantitative estimate of drug-likeness (QED) is 0.723. The molecule has 8 heteroatoms. The highest BCUT2D eigenvalue weighted by atomic mass is 19.1. The Labute approximate surface area is 172 Å². The maximum atomic E-state index is 14.4. The Morgan fingerprint density at radius 3 is 2.83 bits per heavy atom. The van der Waals surface area contributed by atoms with Crippen LogP contribution in [0.1, 0.15) is 34.0 Å². The van der Waals surface area contributed by atoms with Crippen LogP contribution in [-0.4, -0.2) is 39.7 Å². The second-order valence-electron chi connectivity index (χ2n) is 7.78. The minimum absolute atomic E-state index is 0.0242. The van der Waals surface area contributed by atoms with Gasteiger partial charge in [0.2, 0.25) is 0 Å². The van der Waals surface area contributed by atoms with Crippen LogP contribution in [0.4, 0.5) is 10.2 Å². The molecule has 5 rings (SSSR count). The minimum atomic E-state index is -0.736. The van der Waals surface area contributed by atoms with Gasteiger partial charge in [0, 0.05) is 13.2 Å². The summed E-state index contributed by atoms with van der Waals surface area (Å²) < 4.78 is 15.8. The van der Waals surface area contributed by atoms with Gasteiger partial charge in [0.05, 0.1) is 12.7 Å². The van der Waals surface area contributed by atoms with Gasteiger partial charge in [-0.25, -0.2) is 9.37 Å². The second-order valence-corrected chi connectivity index (χ2v) is 7.78. The number of anilines is 1. The van der Waals surface area contributed by atoms with E-state index >= 15 is 0 Å². The van der Waals surface area contributed by atoms with Crippen molar-refractivity contribution in [3.63, 3.8) is 0 Å². The van der Waals surface area contributed by atoms with Gasteiger partial charge >= 0.3 is 0 Å². The average Bonchev–Trinajstić information content (AvgIpc) is 3.47. The number of benzene rings is 1. The number of aromatic nitrogens is 3. The number of carbonyl (C=O) groups excluding carboxylic acids is 2. The molecule has 152 valence electrons. The van der Waals surface area contributed by atoms with Crippen molar-refractivity contribution in [3.8, 4) is 0 Å². The zero-order chi connectivity index (χ0) is 20.8. The molecule has 1 saturated carbocycles. The lowest BCUT2D eigenvalue weighted by atomic mass is 10.1. The Hall–Kier alpha value is -3.55. The van der Waals surface area contributed by atoms with Crippen molar-refractivity contribution >= 4 is 17.6 Å². The fraction of sp³-hybridized carbons (Fsp3) is 0.273. The normalized spacial score (nSPS) is 22.1. The predicted octanol–water partition coefficient (Wildman–Crippen LogP) is 2.34. The molecule has 2 unspecified atom stereocenters. The third-order valence-electron chi connectivity index (χ3n) is 5.80. The van der Waals surface area contributed by atoms with Crippen molar-refractivity contribution in [3.05, 3.63) is 77.5 Å². The number of hydrogen-bond acceptors (Lipinski definition) is 4. The molecule has 2 amide bonds. The summed E-state index contributed by atoms with van der Waals surface area (Å²) in [7, 11) is 1.65. The molecule has 3 heterocycles. The largest absolute Gasteiger partial charge is 0.338 e. The number of nitrogens with zero attached hydrogens (tertiary/aromatic N) is 4. The van der Waals surface area contributed by atoms with E-state index in [4.69, 9.17) is 0 Å². The van der Waals surface area contributed by atoms with Gasteiger partial charge in [0.1, 0.15) is 11.9 Å². The first-order valence-electron chi connectivity index (χ1n) is 9.83. The van der Waals surface area contributed by atoms with Crippen LogP contribution in [0.5, 0.6) is 0 Å². The number of fused-ring (bicyclic) bond motifs is 3. The van der Waals surface area contributed by atoms with Crippen LogP contribution >= 0.6 is 0 Å². The van der Waals surface area contributed by atoms with E-state index in [-0.39, 0.29) is 23.4 Å². The molecule has 1 N–H and O–H groups in total. The number of likely N-dealkylation sites (N-methyl/N-ethyl adjacent to an activating group) is 1. The van der Waals surface area contributed by atoms with Crippen LogP contribution < -0.4 is 10.2 Å². The summed E-state index contributed by atoms with van der Waals surface area (Å²) >= 11 is 0. The van der Waals surface area contributed by atoms with Crippen LogP contribution in [0.2, 0.25) is 0 Å². The molecule has 0 saturated heterocycles. The maximum absolute atomic E-state index is 14.4. The summed E-state index contributed by atoms with van der Waals surface area (Å²) in [5.74, 6) is -0.898. The lowest BCUT2D eigenvalue weighted by Gasteiger charge is -2.22. The van der Waals surface area contributed by atoms with Crippen LogP contribution in [0.25, 0.3) is 0 Å². The van der Waals surface area contributed by atoms with Crippen LogP contribution in [0, 0.1) is 11.7 Å². The highest BCUT2D eigenvalue weighted by Crippen LogP contribution is 2.53. The van der Waals surface area contributed by atoms with E-state index in [2.05, 4.69) is 15.4 Å². The molecular weight excluding hydrogens is 385 g/mol. The first kappa shape index (κ1) is 18.5. The first-order valence-corrected chi connectivity index (χ1v) is 9.83. The van der Waals surface area contributed by atoms with Crippen molar-refractivity contribution in [2.75, 3.05) is 11.9 Å². The maximum Gasteiger partial charge on any atom is 0.275 e. The molecular formula is C22H20FN5O2. The van der Waals surface area contributed by atoms with Gasteiger partial charge in [0.25, 0.3) is 11.8 Å². The van der Waals surface area contributed by atoms with E-state index in [9.17, 15) is 14.0 Å². The SMILES string of the molecule is CN1C(=O)[C@@H](NC(=O)c2nn(Cc3ccccc3)cc2F)C2CC2c2cccnc21. The molecule has 1 fully saturated rings. The highest BCUT2D eigenvalue weighted by Gasteiger charge is 2.52. The lowest BCUT2D eigenvalue weighted by molar-refractivity contribution is -0.120. The zero-order valence-electron chi connectivity index (χ0n) is 16.3. The third kappa shape index (κ3) is 3.14. The van der Waals surface area contributed by atoms with Gasteiger partial charge in [0.15, 0.2) is 11.5 Å². The molecule has 7 nitrogen and oxygen atoms in total. The van der Waals surface area contributed by atoms with Crippen molar-refractivity contribution in [2.45, 2.75) is 24.9 Å². The predicted molar refractivity (Wildman–Crippen MR) is 107 cm³/mol. The van der Waals surface area contributed by atoms with Gasteiger partial charge in [-0.3, -0.25) is 19.2 Å². The van der Waals surface area contributed by atoms with E-state index in [0.717, 1.165) is 17.5 Å². The second kappa shape index (κ2) is 7.05. The summed E-state index contributed by atoms with van der Waals surface area (Å²) in [5, 5.41) is 6.83. The van der Waals surface area contributed by atoms with E-state index in [1.807, 2.05) is 42.5 Å². The molecule has 2 aliphatic rings. The van der Waals surface area contributed by atoms with Crippen LogP contribution in [0.15, 0.2) is 54.9 Å². The van der Waals surface area contributed by atoms with Crippen LogP contribution in [0.3, 0.4) is 0 Å². The van der Waals surface area contributed by atoms with Crippen molar-refractivity contribution in [1.82, 2.24) is 20.1 Å². The summed E-state index contributed by atoms with van der Waals surface area (Å²) in [4.78, 5) is 31.6. The van der Waals surface area contributed by atoms with E-state index in [1.54, 1.807) is 13.2 Å². The fourth-order valence-electron chi connectivity index (χ4n) is 4.20. The topological polar surface area (TPSA) is 80.1 Å². The Morgan fingerprint density at radius 1 is 1.23 bits per heavy atom. The van der Waals surface area contributed by atoms with Crippen LogP contribution in [-0.2, 0) is 11.3 Å². The van der Waals surface area contributed by atoms with Gasteiger partial charge in [-0.15, -0.1) is 0 Å². The van der Waals surface area contributed by atoms with Crippen molar-refractivity contribution < 1.29 is 14.0 Å². The molecule has 30 heavy (non-hydrogen) atoms. The molecule has 1 aromatic carbocycles. The van der Waals surface area contributed by atoms with Gasteiger partial charge in [-0.2, -0.15) is 5.10 Å². The number of hydrogen-bond donors (Lipinski definition) is 1. The molecule has 1 aliphatic carbocycles. The number of nitrogens with one attached hydrogen (secondary N) is 1. The zero-order valence-corrected chi connectivity index (χ0v) is 16.3. The minimum Gasteiger partial charge on any atom is -0.338 e. The third-order valence-corrected chi connectivity index (χ3v) is 5.80. The molecule has 1 aliphatic heterocycles. The Morgan fingerprint density at radius 2 is 2.03 bits per heavy atom. The summed E-state index contributed by atoms with van der Waals surface area (Å²) in [6.07, 6.45) is 3.63. The lowest BCUT2D eigenvalue weighted by Crippen LogP contribution is -2.48. The first-order chi connectivity index (χ1) is 14.5. The molecule has 2 aromatic heterocycles. The number of rotatable bonds is 4. The molecule has 3 aromatic rings. The van der Waals surface area contributed by atoms with Crippen molar-refractivity contribution in [2.24, 2.45) is 5.92 Å². The standard InChI is InChI=1S/C22H20FN5O2/c1-27-20-14(8-5-9-24-20)15-10-16(15)18(22(27)30)25-21(29)19-17(23)12-28(26-19)11-13-6-3-2-4-7-13/h2-9,12,15-16,18H,10-11H2,1H3,(H,25,29)/t15?,16?,18-/m0/s1. The fourth-order valence-corrected chi connectivity index (χ4v) is 4.20. The van der Waals surface area contributed by atoms with E-state index in [0.29, 0.717) is 12.4 Å². The summed E-state index contributed by atoms with van der Waals surface area (Å²) in [6, 6.07) is 12.5. The Kier molecular flexibility index (Phi) is 4.34. The molecule has 0 spiro atoms. The monoisotopic (exact) mass is 405 g/mol. The van der Waals surface area contributed by atoms with Gasteiger partial charge < -0.3 is 5.32 Å². The smallest absolute Gasteiger partial charge is 0.275 e. The van der Waals surface area contributed by atoms with Crippen molar-refractivity contribution in [1.29, 1.82) is 0 Å². The Balaban J connectivity index is 1.36. The number of carbonyl (C=O) groups is 2. The van der Waals surface area contributed by atoms with Gasteiger partial charge in [-0.05, 0) is 35.4 Å². The average molecular weight is 405 g/mol. The van der Waals surface area contributed by atoms with E-state index in [1.165, 1.54) is 15.8 Å².